The average molecular weight is 316 g/mol. The van der Waals surface area contributed by atoms with Gasteiger partial charge in [-0.25, -0.2) is 0 Å². The second-order valence-corrected chi connectivity index (χ2v) is 5.87. The fourth-order valence-electron chi connectivity index (χ4n) is 1.54. The van der Waals surface area contributed by atoms with Crippen LogP contribution in [0.5, 0.6) is 0 Å². The highest BCUT2D eigenvalue weighted by Gasteiger charge is 2.05. The van der Waals surface area contributed by atoms with Crippen molar-refractivity contribution in [3.8, 4) is 0 Å². The van der Waals surface area contributed by atoms with E-state index in [4.69, 9.17) is 0 Å². The van der Waals surface area contributed by atoms with E-state index in [1.54, 1.807) is 0 Å². The van der Waals surface area contributed by atoms with Gasteiger partial charge < -0.3 is 5.32 Å². The van der Waals surface area contributed by atoms with Crippen LogP contribution in [0.3, 0.4) is 0 Å². The zero-order valence-corrected chi connectivity index (χ0v) is 12.7. The highest BCUT2D eigenvalue weighted by molar-refractivity contribution is 9.10. The molecule has 0 atom stereocenters. The Labute approximate surface area is 116 Å². The van der Waals surface area contributed by atoms with E-state index in [0.717, 1.165) is 40.7 Å². The van der Waals surface area contributed by atoms with Crippen LogP contribution in [0.15, 0.2) is 22.7 Å². The summed E-state index contributed by atoms with van der Waals surface area (Å²) in [7, 11) is 0. The van der Waals surface area contributed by atoms with Crippen molar-refractivity contribution in [3.63, 3.8) is 0 Å². The second-order valence-electron chi connectivity index (χ2n) is 3.97. The van der Waals surface area contributed by atoms with Gasteiger partial charge in [0.05, 0.1) is 0 Å². The number of benzene rings is 1. The lowest BCUT2D eigenvalue weighted by Crippen LogP contribution is -2.24. The number of rotatable bonds is 6. The summed E-state index contributed by atoms with van der Waals surface area (Å²) >= 11 is 5.24. The molecular weight excluding hydrogens is 298 g/mol. The fourth-order valence-corrected chi connectivity index (χ4v) is 2.64. The Morgan fingerprint density at radius 2 is 2.12 bits per heavy atom. The monoisotopic (exact) mass is 315 g/mol. The van der Waals surface area contributed by atoms with Crippen molar-refractivity contribution < 1.29 is 4.79 Å². The number of hydrogen-bond acceptors (Lipinski definition) is 2. The predicted octanol–water partition coefficient (Wildman–Crippen LogP) is 3.63. The molecule has 1 aromatic carbocycles. The van der Waals surface area contributed by atoms with E-state index >= 15 is 0 Å². The maximum atomic E-state index is 11.8. The van der Waals surface area contributed by atoms with Crippen molar-refractivity contribution in [2.45, 2.75) is 19.8 Å². The molecule has 0 aliphatic rings. The quantitative estimate of drug-likeness (QED) is 0.812. The van der Waals surface area contributed by atoms with E-state index in [9.17, 15) is 4.79 Å². The van der Waals surface area contributed by atoms with Crippen molar-refractivity contribution >= 4 is 33.6 Å². The molecule has 2 nitrogen and oxygen atoms in total. The lowest BCUT2D eigenvalue weighted by Gasteiger charge is -2.06. The van der Waals surface area contributed by atoms with Crippen LogP contribution in [0.25, 0.3) is 0 Å². The Hall–Kier alpha value is -0.480. The molecule has 0 aliphatic carbocycles. The lowest BCUT2D eigenvalue weighted by atomic mass is 10.1. The number of thioether (sulfide) groups is 1. The molecule has 0 bridgehead atoms. The van der Waals surface area contributed by atoms with Gasteiger partial charge in [0.25, 0.3) is 5.91 Å². The maximum absolute atomic E-state index is 11.8. The van der Waals surface area contributed by atoms with Gasteiger partial charge in [-0.2, -0.15) is 11.8 Å². The van der Waals surface area contributed by atoms with E-state index in [0.29, 0.717) is 0 Å². The van der Waals surface area contributed by atoms with E-state index in [1.807, 2.05) is 36.9 Å². The number of carbonyl (C=O) groups is 1. The van der Waals surface area contributed by atoms with Crippen LogP contribution in [-0.4, -0.2) is 24.5 Å². The summed E-state index contributed by atoms with van der Waals surface area (Å²) in [6, 6.07) is 5.75. The first-order chi connectivity index (χ1) is 8.13. The van der Waals surface area contributed by atoms with Gasteiger partial charge in [0, 0.05) is 16.6 Å². The van der Waals surface area contributed by atoms with Gasteiger partial charge in [-0.1, -0.05) is 15.9 Å². The summed E-state index contributed by atoms with van der Waals surface area (Å²) in [4.78, 5) is 11.8. The Bertz CT molecular complexity index is 361. The molecule has 0 radical (unpaired) electrons. The topological polar surface area (TPSA) is 29.1 Å². The van der Waals surface area contributed by atoms with Crippen LogP contribution in [0.2, 0.25) is 0 Å². The van der Waals surface area contributed by atoms with Crippen molar-refractivity contribution in [2.24, 2.45) is 0 Å². The Morgan fingerprint density at radius 3 is 2.76 bits per heavy atom. The lowest BCUT2D eigenvalue weighted by molar-refractivity contribution is 0.0953. The number of amides is 1. The van der Waals surface area contributed by atoms with Gasteiger partial charge in [-0.15, -0.1) is 0 Å². The minimum atomic E-state index is 0.0125. The van der Waals surface area contributed by atoms with Gasteiger partial charge in [0.2, 0.25) is 0 Å². The smallest absolute Gasteiger partial charge is 0.251 e. The number of nitrogens with one attached hydrogen (secondary N) is 1. The SMILES string of the molecule is CSCCCCNC(=O)c1cc(C)cc(Br)c1. The zero-order chi connectivity index (χ0) is 12.7. The largest absolute Gasteiger partial charge is 0.352 e. The van der Waals surface area contributed by atoms with E-state index in [1.165, 1.54) is 0 Å². The molecule has 1 aromatic rings. The Kier molecular flexibility index (Phi) is 6.66. The number of carbonyl (C=O) groups excluding carboxylic acids is 1. The van der Waals surface area contributed by atoms with Crippen molar-refractivity contribution in [1.29, 1.82) is 0 Å². The maximum Gasteiger partial charge on any atom is 0.251 e. The number of unbranched alkanes of at least 4 members (excludes halogenated alkanes) is 1. The van der Waals surface area contributed by atoms with E-state index in [2.05, 4.69) is 27.5 Å². The highest BCUT2D eigenvalue weighted by atomic mass is 79.9. The van der Waals surface area contributed by atoms with Gasteiger partial charge >= 0.3 is 0 Å². The van der Waals surface area contributed by atoms with Gasteiger partial charge in [0.15, 0.2) is 0 Å². The van der Waals surface area contributed by atoms with Crippen molar-refractivity contribution in [3.05, 3.63) is 33.8 Å². The van der Waals surface area contributed by atoms with Crippen molar-refractivity contribution in [2.75, 3.05) is 18.6 Å². The van der Waals surface area contributed by atoms with Gasteiger partial charge in [-0.3, -0.25) is 4.79 Å². The summed E-state index contributed by atoms with van der Waals surface area (Å²) in [6.07, 6.45) is 4.29. The van der Waals surface area contributed by atoms with Crippen LogP contribution in [0.1, 0.15) is 28.8 Å². The minimum absolute atomic E-state index is 0.0125. The van der Waals surface area contributed by atoms with Crippen LogP contribution in [0, 0.1) is 6.92 Å². The summed E-state index contributed by atoms with van der Waals surface area (Å²) < 4.78 is 0.949. The zero-order valence-electron chi connectivity index (χ0n) is 10.3. The summed E-state index contributed by atoms with van der Waals surface area (Å²) in [5, 5.41) is 2.94. The molecule has 0 fully saturated rings. The molecule has 0 aromatic heterocycles. The molecule has 0 spiro atoms. The molecule has 1 N–H and O–H groups in total. The summed E-state index contributed by atoms with van der Waals surface area (Å²) in [6.45, 7) is 2.74. The minimum Gasteiger partial charge on any atom is -0.352 e. The summed E-state index contributed by atoms with van der Waals surface area (Å²) in [5.74, 6) is 1.17. The van der Waals surface area contributed by atoms with E-state index < -0.39 is 0 Å². The molecule has 0 saturated carbocycles. The normalized spacial score (nSPS) is 10.3. The highest BCUT2D eigenvalue weighted by Crippen LogP contribution is 2.15. The first-order valence-corrected chi connectivity index (χ1v) is 7.86. The van der Waals surface area contributed by atoms with Crippen molar-refractivity contribution in [1.82, 2.24) is 5.32 Å². The second kappa shape index (κ2) is 7.77. The summed E-state index contributed by atoms with van der Waals surface area (Å²) in [5.41, 5.74) is 1.81. The number of aryl methyl sites for hydroxylation is 1. The van der Waals surface area contributed by atoms with Gasteiger partial charge in [0.1, 0.15) is 0 Å². The number of hydrogen-bond donors (Lipinski definition) is 1. The number of halogens is 1. The molecule has 0 heterocycles. The Balaban J connectivity index is 2.41. The Morgan fingerprint density at radius 1 is 1.35 bits per heavy atom. The molecule has 1 rings (SSSR count). The van der Waals surface area contributed by atoms with Crippen LogP contribution >= 0.6 is 27.7 Å². The third-order valence-electron chi connectivity index (χ3n) is 2.37. The molecule has 0 unspecified atom stereocenters. The molecule has 94 valence electrons. The third-order valence-corrected chi connectivity index (χ3v) is 3.52. The molecule has 4 heteroatoms. The van der Waals surface area contributed by atoms with Crippen LogP contribution in [0.4, 0.5) is 0 Å². The standard InChI is InChI=1S/C13H18BrNOS/c1-10-7-11(9-12(14)8-10)13(16)15-5-3-4-6-17-2/h7-9H,3-6H2,1-2H3,(H,15,16). The van der Waals surface area contributed by atoms with Gasteiger partial charge in [-0.05, 0) is 55.5 Å². The molecule has 0 saturated heterocycles. The fraction of sp³-hybridized carbons (Fsp3) is 0.462. The van der Waals surface area contributed by atoms with E-state index in [-0.39, 0.29) is 5.91 Å². The molecule has 1 amide bonds. The predicted molar refractivity (Wildman–Crippen MR) is 78.8 cm³/mol. The van der Waals surface area contributed by atoms with Crippen LogP contribution in [-0.2, 0) is 0 Å². The molecular formula is C13H18BrNOS. The first kappa shape index (κ1) is 14.6. The molecule has 17 heavy (non-hydrogen) atoms. The van der Waals surface area contributed by atoms with Crippen LogP contribution < -0.4 is 5.32 Å². The first-order valence-electron chi connectivity index (χ1n) is 5.68. The average Bonchev–Trinajstić information content (AvgIpc) is 2.27. The third kappa shape index (κ3) is 5.59. The molecule has 0 aliphatic heterocycles.